The molecular weight excluding hydrogens is 124 g/mol. The number of aliphatic hydroxyl groups excluding tert-OH is 1. The molecule has 0 aromatic carbocycles. The third-order valence-electron chi connectivity index (χ3n) is 0.992. The monoisotopic (exact) mass is 138 g/mol. The van der Waals surface area contributed by atoms with Gasteiger partial charge in [-0.15, -0.1) is 5.92 Å². The van der Waals surface area contributed by atoms with Gasteiger partial charge < -0.3 is 5.11 Å². The minimum Gasteiger partial charge on any atom is -0.392 e. The Bertz CT molecular complexity index is 137. The Labute approximate surface area is 62.8 Å². The normalized spacial score (nSPS) is 9.40. The lowest BCUT2D eigenvalue weighted by Gasteiger charge is -1.78. The molecule has 0 rings (SSSR count). The zero-order chi connectivity index (χ0) is 7.66. The lowest BCUT2D eigenvalue weighted by atomic mass is 10.3. The van der Waals surface area contributed by atoms with Crippen LogP contribution in [0.15, 0.2) is 12.2 Å². The van der Waals surface area contributed by atoms with E-state index in [9.17, 15) is 0 Å². The maximum absolute atomic E-state index is 8.33. The summed E-state index contributed by atoms with van der Waals surface area (Å²) in [6.45, 7) is 2.23. The molecule has 10 heavy (non-hydrogen) atoms. The zero-order valence-electron chi connectivity index (χ0n) is 6.43. The second-order valence-electron chi connectivity index (χ2n) is 1.96. The van der Waals surface area contributed by atoms with Gasteiger partial charge >= 0.3 is 0 Å². The molecule has 0 amide bonds. The van der Waals surface area contributed by atoms with Crippen molar-refractivity contribution in [2.24, 2.45) is 0 Å². The van der Waals surface area contributed by atoms with Crippen LogP contribution in [0.5, 0.6) is 0 Å². The molecular formula is C9H14O. The Morgan fingerprint density at radius 3 is 2.70 bits per heavy atom. The van der Waals surface area contributed by atoms with Crippen molar-refractivity contribution in [1.82, 2.24) is 0 Å². The Hall–Kier alpha value is -0.740. The molecule has 1 heteroatoms. The van der Waals surface area contributed by atoms with E-state index in [1.54, 1.807) is 6.08 Å². The first-order chi connectivity index (χ1) is 4.91. The predicted octanol–water partition coefficient (Wildman–Crippen LogP) is 1.73. The van der Waals surface area contributed by atoms with Crippen LogP contribution in [0.4, 0.5) is 0 Å². The van der Waals surface area contributed by atoms with Crippen molar-refractivity contribution in [1.29, 1.82) is 0 Å². The van der Waals surface area contributed by atoms with Gasteiger partial charge in [-0.1, -0.05) is 25.0 Å². The number of hydrogen-bond acceptors (Lipinski definition) is 1. The van der Waals surface area contributed by atoms with Crippen molar-refractivity contribution in [3.63, 3.8) is 0 Å². The van der Waals surface area contributed by atoms with E-state index in [0.29, 0.717) is 0 Å². The molecule has 1 N–H and O–H groups in total. The van der Waals surface area contributed by atoms with Crippen LogP contribution in [0.2, 0.25) is 0 Å². The third-order valence-corrected chi connectivity index (χ3v) is 0.992. The van der Waals surface area contributed by atoms with Gasteiger partial charge in [0, 0.05) is 12.8 Å². The van der Waals surface area contributed by atoms with Crippen molar-refractivity contribution in [2.45, 2.75) is 26.2 Å². The first kappa shape index (κ1) is 9.26. The van der Waals surface area contributed by atoms with Crippen molar-refractivity contribution in [3.05, 3.63) is 12.2 Å². The Morgan fingerprint density at radius 1 is 1.30 bits per heavy atom. The van der Waals surface area contributed by atoms with Crippen LogP contribution in [0.25, 0.3) is 0 Å². The second kappa shape index (κ2) is 8.26. The van der Waals surface area contributed by atoms with Crippen LogP contribution in [0.3, 0.4) is 0 Å². The fourth-order valence-electron chi connectivity index (χ4n) is 0.502. The number of hydrogen-bond donors (Lipinski definition) is 1. The molecule has 0 aliphatic rings. The van der Waals surface area contributed by atoms with E-state index in [2.05, 4.69) is 18.8 Å². The molecule has 0 saturated heterocycles. The average Bonchev–Trinajstić information content (AvgIpc) is 1.97. The summed E-state index contributed by atoms with van der Waals surface area (Å²) in [6, 6.07) is 0. The van der Waals surface area contributed by atoms with E-state index in [-0.39, 0.29) is 6.61 Å². The van der Waals surface area contributed by atoms with Gasteiger partial charge in [-0.3, -0.25) is 0 Å². The molecule has 0 aromatic rings. The number of aliphatic hydroxyl groups is 1. The van der Waals surface area contributed by atoms with E-state index in [4.69, 9.17) is 5.11 Å². The minimum atomic E-state index is 0.120. The minimum absolute atomic E-state index is 0.120. The molecule has 0 radical (unpaired) electrons. The lowest BCUT2D eigenvalue weighted by Crippen LogP contribution is -1.69. The van der Waals surface area contributed by atoms with Crippen LogP contribution in [0.1, 0.15) is 26.2 Å². The van der Waals surface area contributed by atoms with Gasteiger partial charge in [0.1, 0.15) is 0 Å². The molecule has 0 heterocycles. The smallest absolute Gasteiger partial charge is 0.0612 e. The van der Waals surface area contributed by atoms with Crippen LogP contribution in [-0.4, -0.2) is 11.7 Å². The van der Waals surface area contributed by atoms with E-state index in [1.807, 2.05) is 6.08 Å². The Kier molecular flexibility index (Phi) is 7.65. The van der Waals surface area contributed by atoms with Crippen molar-refractivity contribution in [3.8, 4) is 11.8 Å². The highest BCUT2D eigenvalue weighted by molar-refractivity contribution is 5.04. The predicted molar refractivity (Wildman–Crippen MR) is 43.5 cm³/mol. The summed E-state index contributed by atoms with van der Waals surface area (Å²) >= 11 is 0. The number of unbranched alkanes of at least 4 members (excludes halogenated alkanes) is 1. The van der Waals surface area contributed by atoms with Gasteiger partial charge in [-0.25, -0.2) is 0 Å². The van der Waals surface area contributed by atoms with E-state index in [0.717, 1.165) is 19.3 Å². The molecule has 0 aliphatic heterocycles. The van der Waals surface area contributed by atoms with Gasteiger partial charge in [0.2, 0.25) is 0 Å². The largest absolute Gasteiger partial charge is 0.392 e. The van der Waals surface area contributed by atoms with Crippen LogP contribution < -0.4 is 0 Å². The molecule has 0 aromatic heterocycles. The summed E-state index contributed by atoms with van der Waals surface area (Å²) in [4.78, 5) is 0. The summed E-state index contributed by atoms with van der Waals surface area (Å²) in [5, 5.41) is 8.33. The summed E-state index contributed by atoms with van der Waals surface area (Å²) in [6.07, 6.45) is 6.45. The first-order valence-electron chi connectivity index (χ1n) is 3.63. The van der Waals surface area contributed by atoms with E-state index in [1.165, 1.54) is 0 Å². The molecule has 0 saturated carbocycles. The van der Waals surface area contributed by atoms with Crippen LogP contribution >= 0.6 is 0 Å². The highest BCUT2D eigenvalue weighted by atomic mass is 16.2. The molecule has 0 atom stereocenters. The van der Waals surface area contributed by atoms with Gasteiger partial charge in [0.25, 0.3) is 0 Å². The number of rotatable bonds is 3. The van der Waals surface area contributed by atoms with Crippen LogP contribution in [-0.2, 0) is 0 Å². The van der Waals surface area contributed by atoms with Crippen molar-refractivity contribution in [2.75, 3.05) is 6.61 Å². The molecule has 0 bridgehead atoms. The highest BCUT2D eigenvalue weighted by Gasteiger charge is 1.70. The van der Waals surface area contributed by atoms with E-state index >= 15 is 0 Å². The fraction of sp³-hybridized carbons (Fsp3) is 0.556. The first-order valence-corrected chi connectivity index (χ1v) is 3.63. The van der Waals surface area contributed by atoms with E-state index < -0.39 is 0 Å². The molecule has 1 nitrogen and oxygen atoms in total. The zero-order valence-corrected chi connectivity index (χ0v) is 6.43. The summed E-state index contributed by atoms with van der Waals surface area (Å²) < 4.78 is 0. The average molecular weight is 138 g/mol. The lowest BCUT2D eigenvalue weighted by molar-refractivity contribution is 0.342. The van der Waals surface area contributed by atoms with Gasteiger partial charge in [0.15, 0.2) is 0 Å². The molecule has 0 fully saturated rings. The topological polar surface area (TPSA) is 20.2 Å². The SMILES string of the molecule is CCCC#CC/C=C/CO. The molecule has 0 unspecified atom stereocenters. The second-order valence-corrected chi connectivity index (χ2v) is 1.96. The Morgan fingerprint density at radius 2 is 2.10 bits per heavy atom. The van der Waals surface area contributed by atoms with Gasteiger partial charge in [-0.05, 0) is 6.42 Å². The fourth-order valence-corrected chi connectivity index (χ4v) is 0.502. The number of allylic oxidation sites excluding steroid dienone is 1. The summed E-state index contributed by atoms with van der Waals surface area (Å²) in [5.74, 6) is 5.98. The van der Waals surface area contributed by atoms with Gasteiger partial charge in [-0.2, -0.15) is 0 Å². The van der Waals surface area contributed by atoms with Gasteiger partial charge in [0.05, 0.1) is 6.61 Å². The van der Waals surface area contributed by atoms with Crippen molar-refractivity contribution < 1.29 is 5.11 Å². The van der Waals surface area contributed by atoms with Crippen molar-refractivity contribution >= 4 is 0 Å². The quantitative estimate of drug-likeness (QED) is 0.465. The molecule has 0 spiro atoms. The van der Waals surface area contributed by atoms with Crippen LogP contribution in [0, 0.1) is 11.8 Å². The Balaban J connectivity index is 3.19. The molecule has 56 valence electrons. The standard InChI is InChI=1S/C9H14O/c1-2-3-4-5-6-7-8-9-10/h7-8,10H,2-3,6,9H2,1H3/b8-7+. The third kappa shape index (κ3) is 7.26. The molecule has 0 aliphatic carbocycles. The summed E-state index contributed by atoms with van der Waals surface area (Å²) in [7, 11) is 0. The maximum atomic E-state index is 8.33. The maximum Gasteiger partial charge on any atom is 0.0612 e. The summed E-state index contributed by atoms with van der Waals surface area (Å²) in [5.41, 5.74) is 0. The highest BCUT2D eigenvalue weighted by Crippen LogP contribution is 1.83.